The summed E-state index contributed by atoms with van der Waals surface area (Å²) < 4.78 is 9.81. The molecule has 5 heteroatoms. The Morgan fingerprint density at radius 3 is 2.20 bits per heavy atom. The number of fused-ring (bicyclic) bond motifs is 2. The van der Waals surface area contributed by atoms with Crippen LogP contribution >= 0.6 is 0 Å². The van der Waals surface area contributed by atoms with Gasteiger partial charge in [0.15, 0.2) is 0 Å². The Bertz CT molecular complexity index is 449. The van der Waals surface area contributed by atoms with Gasteiger partial charge in [0.25, 0.3) is 0 Å². The molecule has 0 aromatic heterocycles. The number of rotatable bonds is 4. The number of allylic oxidation sites excluding steroid dienone is 2. The molecule has 0 N–H and O–H groups in total. The van der Waals surface area contributed by atoms with Crippen LogP contribution in [-0.4, -0.2) is 34.2 Å². The summed E-state index contributed by atoms with van der Waals surface area (Å²) in [5, 5.41) is 0. The zero-order chi connectivity index (χ0) is 15.1. The summed E-state index contributed by atoms with van der Waals surface area (Å²) in [7, 11) is 1.55. The molecule has 0 aromatic rings. The van der Waals surface area contributed by atoms with E-state index in [0.29, 0.717) is 0 Å². The largest absolute Gasteiger partial charge is 0.469 e. The third-order valence-corrected chi connectivity index (χ3v) is 5.86. The van der Waals surface area contributed by atoms with Gasteiger partial charge in [-0.3, -0.25) is 9.59 Å². The number of hydrogen-bond donors (Lipinski definition) is 0. The first-order valence-corrected chi connectivity index (χ1v) is 10.9. The second kappa shape index (κ2) is 5.35. The average Bonchev–Trinajstić information content (AvgIpc) is 2.91. The standard InChI is InChI=1S/C15H24O4Si/c1-18-14(16)12-9-6-10(8-20(3,4)5)11(7-9)13(12)15(17)19-2/h6,9,11-13H,7-8H2,1-5H3/t9-,11-,12?,13?/m0/s1. The zero-order valence-electron chi connectivity index (χ0n) is 12.9. The lowest BCUT2D eigenvalue weighted by molar-refractivity contribution is -0.158. The van der Waals surface area contributed by atoms with Gasteiger partial charge in [-0.1, -0.05) is 31.3 Å². The summed E-state index contributed by atoms with van der Waals surface area (Å²) in [6, 6.07) is 1.09. The van der Waals surface area contributed by atoms with Crippen molar-refractivity contribution in [1.29, 1.82) is 0 Å². The second-order valence-corrected chi connectivity index (χ2v) is 12.6. The molecule has 0 heterocycles. The van der Waals surface area contributed by atoms with Crippen LogP contribution in [0, 0.1) is 23.7 Å². The first kappa shape index (κ1) is 15.3. The highest BCUT2D eigenvalue weighted by molar-refractivity contribution is 6.76. The van der Waals surface area contributed by atoms with E-state index in [1.54, 1.807) is 0 Å². The number of hydrogen-bond acceptors (Lipinski definition) is 4. The van der Waals surface area contributed by atoms with Crippen LogP contribution < -0.4 is 0 Å². The van der Waals surface area contributed by atoms with Gasteiger partial charge in [-0.05, 0) is 24.3 Å². The van der Waals surface area contributed by atoms with E-state index < -0.39 is 8.07 Å². The molecular formula is C15H24O4Si. The summed E-state index contributed by atoms with van der Waals surface area (Å²) in [4.78, 5) is 24.1. The highest BCUT2D eigenvalue weighted by Gasteiger charge is 2.55. The van der Waals surface area contributed by atoms with E-state index in [9.17, 15) is 9.59 Å². The van der Waals surface area contributed by atoms with Crippen LogP contribution in [0.1, 0.15) is 6.42 Å². The third kappa shape index (κ3) is 2.68. The van der Waals surface area contributed by atoms with Crippen LogP contribution in [0.3, 0.4) is 0 Å². The van der Waals surface area contributed by atoms with Gasteiger partial charge >= 0.3 is 11.9 Å². The van der Waals surface area contributed by atoms with Gasteiger partial charge in [0.05, 0.1) is 26.1 Å². The van der Waals surface area contributed by atoms with E-state index >= 15 is 0 Å². The molecule has 0 radical (unpaired) electrons. The van der Waals surface area contributed by atoms with Gasteiger partial charge in [-0.15, -0.1) is 0 Å². The molecule has 4 atom stereocenters. The highest BCUT2D eigenvalue weighted by Crippen LogP contribution is 2.54. The van der Waals surface area contributed by atoms with Crippen molar-refractivity contribution in [3.8, 4) is 0 Å². The van der Waals surface area contributed by atoms with Crippen LogP contribution in [-0.2, 0) is 19.1 Å². The summed E-state index contributed by atoms with van der Waals surface area (Å²) in [6.07, 6.45) is 3.11. The Labute approximate surface area is 121 Å². The second-order valence-electron chi connectivity index (χ2n) is 7.08. The van der Waals surface area contributed by atoms with Crippen molar-refractivity contribution in [3.05, 3.63) is 11.6 Å². The van der Waals surface area contributed by atoms with Crippen molar-refractivity contribution < 1.29 is 19.1 Å². The van der Waals surface area contributed by atoms with Gasteiger partial charge < -0.3 is 9.47 Å². The Kier molecular flexibility index (Phi) is 4.09. The summed E-state index contributed by atoms with van der Waals surface area (Å²) in [5.41, 5.74) is 1.37. The zero-order valence-corrected chi connectivity index (χ0v) is 13.9. The van der Waals surface area contributed by atoms with Crippen molar-refractivity contribution in [2.24, 2.45) is 23.7 Å². The molecule has 0 saturated heterocycles. The molecule has 0 aromatic carbocycles. The van der Waals surface area contributed by atoms with Crippen molar-refractivity contribution in [1.82, 2.24) is 0 Å². The van der Waals surface area contributed by atoms with Crippen molar-refractivity contribution in [2.45, 2.75) is 32.1 Å². The SMILES string of the molecule is COC(=O)C1C(C(=O)OC)[C@H]2C[C@@H]1C=C2C[Si](C)(C)C. The van der Waals surface area contributed by atoms with E-state index in [4.69, 9.17) is 9.47 Å². The van der Waals surface area contributed by atoms with Crippen LogP contribution in [0.4, 0.5) is 0 Å². The highest BCUT2D eigenvalue weighted by atomic mass is 28.3. The summed E-state index contributed by atoms with van der Waals surface area (Å²) in [5.74, 6) is -0.951. The van der Waals surface area contributed by atoms with Crippen LogP contribution in [0.2, 0.25) is 25.7 Å². The molecular weight excluding hydrogens is 272 g/mol. The van der Waals surface area contributed by atoms with Gasteiger partial charge in [-0.2, -0.15) is 0 Å². The smallest absolute Gasteiger partial charge is 0.310 e. The van der Waals surface area contributed by atoms with Crippen LogP contribution in [0.5, 0.6) is 0 Å². The van der Waals surface area contributed by atoms with E-state index in [0.717, 1.165) is 12.5 Å². The first-order chi connectivity index (χ1) is 9.28. The Morgan fingerprint density at radius 2 is 1.70 bits per heavy atom. The lowest BCUT2D eigenvalue weighted by Gasteiger charge is -2.29. The van der Waals surface area contributed by atoms with E-state index in [1.807, 2.05) is 0 Å². The summed E-state index contributed by atoms with van der Waals surface area (Å²) in [6.45, 7) is 6.97. The minimum absolute atomic E-state index is 0.142. The third-order valence-electron chi connectivity index (χ3n) is 4.39. The molecule has 0 spiro atoms. The monoisotopic (exact) mass is 296 g/mol. The molecule has 112 valence electrons. The Morgan fingerprint density at radius 1 is 1.15 bits per heavy atom. The molecule has 0 amide bonds. The fourth-order valence-electron chi connectivity index (χ4n) is 3.76. The maximum Gasteiger partial charge on any atom is 0.310 e. The number of carbonyl (C=O) groups is 2. The average molecular weight is 296 g/mol. The molecule has 0 aliphatic heterocycles. The van der Waals surface area contributed by atoms with Crippen LogP contribution in [0.15, 0.2) is 11.6 Å². The minimum Gasteiger partial charge on any atom is -0.469 e. The predicted octanol–water partition coefficient (Wildman–Crippen LogP) is 2.48. The number of methoxy groups -OCH3 is 2. The molecule has 1 fully saturated rings. The molecule has 1 saturated carbocycles. The topological polar surface area (TPSA) is 52.6 Å². The van der Waals surface area contributed by atoms with E-state index in [1.165, 1.54) is 19.8 Å². The molecule has 4 nitrogen and oxygen atoms in total. The van der Waals surface area contributed by atoms with Gasteiger partial charge in [0, 0.05) is 8.07 Å². The van der Waals surface area contributed by atoms with E-state index in [2.05, 4.69) is 25.7 Å². The van der Waals surface area contributed by atoms with Gasteiger partial charge in [0.2, 0.25) is 0 Å². The molecule has 2 aliphatic rings. The Balaban J connectivity index is 2.28. The molecule has 2 rings (SSSR count). The van der Waals surface area contributed by atoms with Crippen molar-refractivity contribution in [2.75, 3.05) is 14.2 Å². The first-order valence-electron chi connectivity index (χ1n) is 7.14. The fourth-order valence-corrected chi connectivity index (χ4v) is 5.37. The maximum atomic E-state index is 12.1. The van der Waals surface area contributed by atoms with Crippen molar-refractivity contribution >= 4 is 20.0 Å². The lowest BCUT2D eigenvalue weighted by Crippen LogP contribution is -2.37. The maximum absolute atomic E-state index is 12.1. The van der Waals surface area contributed by atoms with Crippen molar-refractivity contribution in [3.63, 3.8) is 0 Å². The van der Waals surface area contributed by atoms with E-state index in [-0.39, 0.29) is 35.6 Å². The summed E-state index contributed by atoms with van der Waals surface area (Å²) >= 11 is 0. The van der Waals surface area contributed by atoms with Gasteiger partial charge in [-0.25, -0.2) is 0 Å². The normalized spacial score (nSPS) is 31.9. The quantitative estimate of drug-likeness (QED) is 0.454. The molecule has 2 bridgehead atoms. The lowest BCUT2D eigenvalue weighted by atomic mass is 9.80. The fraction of sp³-hybridized carbons (Fsp3) is 0.733. The number of ether oxygens (including phenoxy) is 2. The molecule has 2 aliphatic carbocycles. The number of esters is 2. The molecule has 20 heavy (non-hydrogen) atoms. The molecule has 2 unspecified atom stereocenters. The Hall–Kier alpha value is -1.10. The number of carbonyl (C=O) groups excluding carboxylic acids is 2. The predicted molar refractivity (Wildman–Crippen MR) is 78.8 cm³/mol. The van der Waals surface area contributed by atoms with Crippen LogP contribution in [0.25, 0.3) is 0 Å². The van der Waals surface area contributed by atoms with Gasteiger partial charge in [0.1, 0.15) is 0 Å². The minimum atomic E-state index is -1.23.